The SMILES string of the molecule is CC(C)(C)OC(=O)N1CCC(Sc2cccc(Br)n2)C1. The molecule has 20 heavy (non-hydrogen) atoms. The molecule has 2 heterocycles. The summed E-state index contributed by atoms with van der Waals surface area (Å²) in [5, 5.41) is 1.36. The predicted octanol–water partition coefficient (Wildman–Crippen LogP) is 3.95. The molecular formula is C14H19BrN2O2S. The van der Waals surface area contributed by atoms with Gasteiger partial charge < -0.3 is 9.64 Å². The molecule has 1 aromatic heterocycles. The fourth-order valence-corrected chi connectivity index (χ4v) is 3.53. The number of carbonyl (C=O) groups is 1. The number of aromatic nitrogens is 1. The minimum Gasteiger partial charge on any atom is -0.444 e. The summed E-state index contributed by atoms with van der Waals surface area (Å²) in [6.45, 7) is 7.13. The number of nitrogens with zero attached hydrogens (tertiary/aromatic N) is 2. The molecule has 0 bridgehead atoms. The second-order valence-electron chi connectivity index (χ2n) is 5.75. The average Bonchev–Trinajstić information content (AvgIpc) is 2.75. The van der Waals surface area contributed by atoms with Crippen LogP contribution in [0.3, 0.4) is 0 Å². The largest absolute Gasteiger partial charge is 0.444 e. The van der Waals surface area contributed by atoms with Crippen molar-refractivity contribution < 1.29 is 9.53 Å². The lowest BCUT2D eigenvalue weighted by molar-refractivity contribution is 0.0295. The van der Waals surface area contributed by atoms with Crippen molar-refractivity contribution in [3.63, 3.8) is 0 Å². The Morgan fingerprint density at radius 1 is 1.50 bits per heavy atom. The molecule has 0 aliphatic carbocycles. The molecule has 1 saturated heterocycles. The number of ether oxygens (including phenoxy) is 1. The highest BCUT2D eigenvalue weighted by molar-refractivity contribution is 9.10. The second kappa shape index (κ2) is 6.35. The summed E-state index contributed by atoms with van der Waals surface area (Å²) in [4.78, 5) is 18.2. The molecule has 4 nitrogen and oxygen atoms in total. The van der Waals surface area contributed by atoms with E-state index >= 15 is 0 Å². The standard InChI is InChI=1S/C14H19BrN2O2S/c1-14(2,3)19-13(18)17-8-7-10(9-17)20-12-6-4-5-11(15)16-12/h4-6,10H,7-9H2,1-3H3. The molecule has 0 N–H and O–H groups in total. The number of amides is 1. The van der Waals surface area contributed by atoms with E-state index in [1.807, 2.05) is 39.0 Å². The average molecular weight is 359 g/mol. The molecule has 0 aromatic carbocycles. The van der Waals surface area contributed by atoms with Gasteiger partial charge in [-0.2, -0.15) is 0 Å². The van der Waals surface area contributed by atoms with Crippen molar-refractivity contribution in [2.75, 3.05) is 13.1 Å². The number of pyridine rings is 1. The molecule has 1 atom stereocenters. The predicted molar refractivity (Wildman–Crippen MR) is 84.0 cm³/mol. The molecular weight excluding hydrogens is 340 g/mol. The van der Waals surface area contributed by atoms with Gasteiger partial charge >= 0.3 is 6.09 Å². The maximum absolute atomic E-state index is 12.0. The third kappa shape index (κ3) is 4.66. The molecule has 2 rings (SSSR count). The zero-order valence-corrected chi connectivity index (χ0v) is 14.3. The first-order valence-electron chi connectivity index (χ1n) is 6.60. The Balaban J connectivity index is 1.88. The Hall–Kier alpha value is -0.750. The first-order valence-corrected chi connectivity index (χ1v) is 8.28. The van der Waals surface area contributed by atoms with E-state index in [0.717, 1.165) is 22.6 Å². The van der Waals surface area contributed by atoms with Gasteiger partial charge in [-0.05, 0) is 55.3 Å². The minimum atomic E-state index is -0.436. The van der Waals surface area contributed by atoms with E-state index in [0.29, 0.717) is 11.8 Å². The van der Waals surface area contributed by atoms with E-state index in [-0.39, 0.29) is 6.09 Å². The van der Waals surface area contributed by atoms with Gasteiger partial charge in [0.25, 0.3) is 0 Å². The van der Waals surface area contributed by atoms with Gasteiger partial charge in [-0.25, -0.2) is 9.78 Å². The molecule has 1 aromatic rings. The van der Waals surface area contributed by atoms with Gasteiger partial charge in [0, 0.05) is 18.3 Å². The van der Waals surface area contributed by atoms with Crippen LogP contribution in [0.25, 0.3) is 0 Å². The van der Waals surface area contributed by atoms with E-state index in [4.69, 9.17) is 4.74 Å². The topological polar surface area (TPSA) is 42.4 Å². The fourth-order valence-electron chi connectivity index (χ4n) is 1.94. The fraction of sp³-hybridized carbons (Fsp3) is 0.571. The van der Waals surface area contributed by atoms with Crippen molar-refractivity contribution in [2.45, 2.75) is 43.1 Å². The summed E-state index contributed by atoms with van der Waals surface area (Å²) >= 11 is 5.08. The van der Waals surface area contributed by atoms with Gasteiger partial charge in [-0.3, -0.25) is 0 Å². The van der Waals surface area contributed by atoms with Crippen LogP contribution in [-0.2, 0) is 4.74 Å². The summed E-state index contributed by atoms with van der Waals surface area (Å²) in [6, 6.07) is 5.87. The van der Waals surface area contributed by atoms with Crippen LogP contribution in [0.1, 0.15) is 27.2 Å². The molecule has 0 saturated carbocycles. The quantitative estimate of drug-likeness (QED) is 0.750. The van der Waals surface area contributed by atoms with Crippen LogP contribution in [-0.4, -0.2) is 39.9 Å². The smallest absolute Gasteiger partial charge is 0.410 e. The van der Waals surface area contributed by atoms with Crippen LogP contribution in [0.2, 0.25) is 0 Å². The number of carbonyl (C=O) groups excluding carboxylic acids is 1. The highest BCUT2D eigenvalue weighted by Gasteiger charge is 2.30. The van der Waals surface area contributed by atoms with E-state index in [1.165, 1.54) is 0 Å². The van der Waals surface area contributed by atoms with Gasteiger partial charge in [0.05, 0.1) is 5.03 Å². The molecule has 1 fully saturated rings. The highest BCUT2D eigenvalue weighted by atomic mass is 79.9. The number of thioether (sulfide) groups is 1. The molecule has 1 unspecified atom stereocenters. The van der Waals surface area contributed by atoms with E-state index < -0.39 is 5.60 Å². The van der Waals surface area contributed by atoms with Crippen LogP contribution >= 0.6 is 27.7 Å². The van der Waals surface area contributed by atoms with Crippen LogP contribution in [0.5, 0.6) is 0 Å². The molecule has 1 amide bonds. The van der Waals surface area contributed by atoms with Gasteiger partial charge in [0.15, 0.2) is 0 Å². The minimum absolute atomic E-state index is 0.220. The van der Waals surface area contributed by atoms with Crippen LogP contribution in [0, 0.1) is 0 Å². The molecule has 1 aliphatic heterocycles. The summed E-state index contributed by atoms with van der Waals surface area (Å²) < 4.78 is 6.23. The Bertz CT molecular complexity index is 490. The molecule has 6 heteroatoms. The third-order valence-electron chi connectivity index (χ3n) is 2.77. The van der Waals surface area contributed by atoms with Crippen molar-refractivity contribution >= 4 is 33.8 Å². The van der Waals surface area contributed by atoms with Crippen LogP contribution in [0.4, 0.5) is 4.79 Å². The summed E-state index contributed by atoms with van der Waals surface area (Å²) in [5.41, 5.74) is -0.436. The molecule has 0 radical (unpaired) electrons. The Morgan fingerprint density at radius 2 is 2.25 bits per heavy atom. The van der Waals surface area contributed by atoms with E-state index in [9.17, 15) is 4.79 Å². The number of halogens is 1. The lowest BCUT2D eigenvalue weighted by Crippen LogP contribution is -2.35. The normalized spacial score (nSPS) is 19.2. The zero-order valence-electron chi connectivity index (χ0n) is 11.9. The first kappa shape index (κ1) is 15.6. The maximum Gasteiger partial charge on any atom is 0.410 e. The Labute approximate surface area is 132 Å². The van der Waals surface area contributed by atoms with Gasteiger partial charge in [0.1, 0.15) is 10.2 Å². The van der Waals surface area contributed by atoms with E-state index in [1.54, 1.807) is 16.7 Å². The van der Waals surface area contributed by atoms with Gasteiger partial charge in [-0.15, -0.1) is 11.8 Å². The van der Waals surface area contributed by atoms with Crippen molar-refractivity contribution in [1.82, 2.24) is 9.88 Å². The number of rotatable bonds is 2. The number of hydrogen-bond donors (Lipinski definition) is 0. The van der Waals surface area contributed by atoms with Gasteiger partial charge in [0.2, 0.25) is 0 Å². The lowest BCUT2D eigenvalue weighted by Gasteiger charge is -2.24. The van der Waals surface area contributed by atoms with Crippen LogP contribution < -0.4 is 0 Å². The van der Waals surface area contributed by atoms with Crippen molar-refractivity contribution in [3.05, 3.63) is 22.8 Å². The highest BCUT2D eigenvalue weighted by Crippen LogP contribution is 2.29. The second-order valence-corrected chi connectivity index (χ2v) is 7.89. The van der Waals surface area contributed by atoms with Crippen molar-refractivity contribution in [1.29, 1.82) is 0 Å². The lowest BCUT2D eigenvalue weighted by atomic mass is 10.2. The first-order chi connectivity index (χ1) is 9.33. The van der Waals surface area contributed by atoms with Crippen molar-refractivity contribution in [3.8, 4) is 0 Å². The number of hydrogen-bond acceptors (Lipinski definition) is 4. The summed E-state index contributed by atoms with van der Waals surface area (Å²) in [7, 11) is 0. The molecule has 0 spiro atoms. The summed E-state index contributed by atoms with van der Waals surface area (Å²) in [5.74, 6) is 0. The van der Waals surface area contributed by atoms with Crippen LogP contribution in [0.15, 0.2) is 27.8 Å². The number of likely N-dealkylation sites (tertiary alicyclic amines) is 1. The van der Waals surface area contributed by atoms with E-state index in [2.05, 4.69) is 20.9 Å². The molecule has 110 valence electrons. The summed E-state index contributed by atoms with van der Waals surface area (Å²) in [6.07, 6.45) is 0.751. The molecule has 1 aliphatic rings. The Morgan fingerprint density at radius 3 is 2.90 bits per heavy atom. The maximum atomic E-state index is 12.0. The monoisotopic (exact) mass is 358 g/mol. The zero-order chi connectivity index (χ0) is 14.8. The van der Waals surface area contributed by atoms with Gasteiger partial charge in [-0.1, -0.05) is 6.07 Å². The Kier molecular flexibility index (Phi) is 4.96. The third-order valence-corrected chi connectivity index (χ3v) is 4.40. The van der Waals surface area contributed by atoms with Crippen molar-refractivity contribution in [2.24, 2.45) is 0 Å².